The van der Waals surface area contributed by atoms with Crippen LogP contribution in [-0.4, -0.2) is 39.6 Å². The van der Waals surface area contributed by atoms with Crippen molar-refractivity contribution in [3.05, 3.63) is 64.6 Å². The predicted molar refractivity (Wildman–Crippen MR) is 110 cm³/mol. The Morgan fingerprint density at radius 3 is 2.62 bits per heavy atom. The van der Waals surface area contributed by atoms with Crippen molar-refractivity contribution in [3.8, 4) is 0 Å². The highest BCUT2D eigenvalue weighted by molar-refractivity contribution is 5.80. The standard InChI is InChI=1S/C22H26N4O3/c1-15-13-20-24-16(2)19(17(3)26(20)25-15)9-10-22(28)29-14-21(27)23-12-11-18-7-5-4-6-8-18/h4-8,13H,9-12,14H2,1-3H3,(H,23,27). The summed E-state index contributed by atoms with van der Waals surface area (Å²) in [5.74, 6) is -0.699. The quantitative estimate of drug-likeness (QED) is 0.593. The number of carbonyl (C=O) groups is 2. The molecule has 0 saturated carbocycles. The first-order chi connectivity index (χ1) is 13.9. The molecular formula is C22H26N4O3. The Bertz CT molecular complexity index is 1010. The van der Waals surface area contributed by atoms with Gasteiger partial charge in [0.2, 0.25) is 0 Å². The Morgan fingerprint density at radius 2 is 1.86 bits per heavy atom. The van der Waals surface area contributed by atoms with Crippen molar-refractivity contribution in [1.29, 1.82) is 0 Å². The van der Waals surface area contributed by atoms with E-state index in [1.807, 2.05) is 57.2 Å². The number of aryl methyl sites for hydroxylation is 3. The first-order valence-electron chi connectivity index (χ1n) is 9.72. The van der Waals surface area contributed by atoms with Crippen molar-refractivity contribution in [3.63, 3.8) is 0 Å². The van der Waals surface area contributed by atoms with E-state index in [0.29, 0.717) is 13.0 Å². The summed E-state index contributed by atoms with van der Waals surface area (Å²) in [5.41, 5.74) is 5.66. The lowest BCUT2D eigenvalue weighted by atomic mass is 10.1. The minimum atomic E-state index is -0.404. The number of fused-ring (bicyclic) bond motifs is 1. The maximum atomic E-state index is 12.1. The van der Waals surface area contributed by atoms with E-state index in [1.165, 1.54) is 0 Å². The number of amides is 1. The van der Waals surface area contributed by atoms with E-state index in [1.54, 1.807) is 4.52 Å². The number of hydrogen-bond acceptors (Lipinski definition) is 5. The number of hydrogen-bond donors (Lipinski definition) is 1. The fourth-order valence-electron chi connectivity index (χ4n) is 3.29. The number of nitrogens with zero attached hydrogens (tertiary/aromatic N) is 3. The molecule has 152 valence electrons. The molecule has 3 aromatic rings. The molecule has 0 aliphatic carbocycles. The summed E-state index contributed by atoms with van der Waals surface area (Å²) in [4.78, 5) is 28.5. The smallest absolute Gasteiger partial charge is 0.306 e. The summed E-state index contributed by atoms with van der Waals surface area (Å²) in [7, 11) is 0. The number of benzene rings is 1. The van der Waals surface area contributed by atoms with Crippen LogP contribution < -0.4 is 5.32 Å². The molecular weight excluding hydrogens is 368 g/mol. The molecule has 0 unspecified atom stereocenters. The predicted octanol–water partition coefficient (Wildman–Crippen LogP) is 2.49. The zero-order valence-corrected chi connectivity index (χ0v) is 17.1. The van der Waals surface area contributed by atoms with Crippen LogP contribution in [-0.2, 0) is 27.2 Å². The van der Waals surface area contributed by atoms with E-state index in [4.69, 9.17) is 4.74 Å². The van der Waals surface area contributed by atoms with Crippen LogP contribution in [0.3, 0.4) is 0 Å². The number of nitrogens with one attached hydrogen (secondary N) is 1. The zero-order chi connectivity index (χ0) is 20.8. The first-order valence-corrected chi connectivity index (χ1v) is 9.72. The van der Waals surface area contributed by atoms with Gasteiger partial charge in [-0.1, -0.05) is 30.3 Å². The van der Waals surface area contributed by atoms with Crippen LogP contribution in [0.5, 0.6) is 0 Å². The summed E-state index contributed by atoms with van der Waals surface area (Å²) in [6.45, 7) is 6.06. The van der Waals surface area contributed by atoms with Crippen molar-refractivity contribution in [2.24, 2.45) is 0 Å². The van der Waals surface area contributed by atoms with Crippen LogP contribution in [0.1, 0.15) is 34.6 Å². The molecule has 3 rings (SSSR count). The van der Waals surface area contributed by atoms with E-state index in [0.717, 1.165) is 40.3 Å². The summed E-state index contributed by atoms with van der Waals surface area (Å²) in [5, 5.41) is 7.20. The molecule has 1 N–H and O–H groups in total. The number of aromatic nitrogens is 3. The number of carbonyl (C=O) groups excluding carboxylic acids is 2. The summed E-state index contributed by atoms with van der Waals surface area (Å²) < 4.78 is 6.90. The molecule has 1 amide bonds. The Labute approximate surface area is 170 Å². The third kappa shape index (κ3) is 5.40. The SMILES string of the molecule is Cc1cc2nc(C)c(CCC(=O)OCC(=O)NCCc3ccccc3)c(C)n2n1. The fraction of sp³-hybridized carbons (Fsp3) is 0.364. The maximum absolute atomic E-state index is 12.1. The zero-order valence-electron chi connectivity index (χ0n) is 17.1. The maximum Gasteiger partial charge on any atom is 0.306 e. The van der Waals surface area contributed by atoms with Crippen LogP contribution >= 0.6 is 0 Å². The van der Waals surface area contributed by atoms with Gasteiger partial charge in [0.25, 0.3) is 5.91 Å². The highest BCUT2D eigenvalue weighted by Crippen LogP contribution is 2.17. The normalized spacial score (nSPS) is 10.9. The van der Waals surface area contributed by atoms with E-state index in [9.17, 15) is 9.59 Å². The minimum absolute atomic E-state index is 0.187. The van der Waals surface area contributed by atoms with Gasteiger partial charge in [-0.3, -0.25) is 9.59 Å². The fourth-order valence-corrected chi connectivity index (χ4v) is 3.29. The van der Waals surface area contributed by atoms with Crippen LogP contribution in [0.2, 0.25) is 0 Å². The van der Waals surface area contributed by atoms with Gasteiger partial charge in [-0.05, 0) is 44.7 Å². The topological polar surface area (TPSA) is 85.6 Å². The molecule has 0 spiro atoms. The molecule has 7 nitrogen and oxygen atoms in total. The highest BCUT2D eigenvalue weighted by atomic mass is 16.5. The van der Waals surface area contributed by atoms with Gasteiger partial charge in [0.1, 0.15) is 0 Å². The van der Waals surface area contributed by atoms with Gasteiger partial charge in [-0.25, -0.2) is 9.50 Å². The lowest BCUT2D eigenvalue weighted by molar-refractivity contribution is -0.148. The largest absolute Gasteiger partial charge is 0.456 e. The lowest BCUT2D eigenvalue weighted by Crippen LogP contribution is -2.30. The third-order valence-corrected chi connectivity index (χ3v) is 4.81. The van der Waals surface area contributed by atoms with Gasteiger partial charge in [0.15, 0.2) is 12.3 Å². The minimum Gasteiger partial charge on any atom is -0.456 e. The first kappa shape index (κ1) is 20.5. The molecule has 0 atom stereocenters. The number of rotatable bonds is 8. The second-order valence-electron chi connectivity index (χ2n) is 7.06. The molecule has 2 heterocycles. The van der Waals surface area contributed by atoms with E-state index in [-0.39, 0.29) is 18.9 Å². The van der Waals surface area contributed by atoms with Gasteiger partial charge >= 0.3 is 5.97 Å². The van der Waals surface area contributed by atoms with Gasteiger partial charge in [0, 0.05) is 30.4 Å². The number of ether oxygens (including phenoxy) is 1. The molecule has 1 aromatic carbocycles. The monoisotopic (exact) mass is 394 g/mol. The van der Waals surface area contributed by atoms with E-state index in [2.05, 4.69) is 15.4 Å². The molecule has 0 aliphatic heterocycles. The Kier molecular flexibility index (Phi) is 6.59. The van der Waals surface area contributed by atoms with Gasteiger partial charge < -0.3 is 10.1 Å². The Hall–Kier alpha value is -3.22. The molecule has 0 radical (unpaired) electrons. The highest BCUT2D eigenvalue weighted by Gasteiger charge is 2.14. The number of esters is 1. The van der Waals surface area contributed by atoms with Gasteiger partial charge in [-0.15, -0.1) is 0 Å². The van der Waals surface area contributed by atoms with Crippen molar-refractivity contribution >= 4 is 17.5 Å². The average Bonchev–Trinajstić information content (AvgIpc) is 3.07. The van der Waals surface area contributed by atoms with Gasteiger partial charge in [-0.2, -0.15) is 5.10 Å². The lowest BCUT2D eigenvalue weighted by Gasteiger charge is -2.11. The summed E-state index contributed by atoms with van der Waals surface area (Å²) >= 11 is 0. The molecule has 0 fully saturated rings. The van der Waals surface area contributed by atoms with Crippen LogP contribution in [0.4, 0.5) is 0 Å². The van der Waals surface area contributed by atoms with Crippen LogP contribution in [0.25, 0.3) is 5.65 Å². The third-order valence-electron chi connectivity index (χ3n) is 4.81. The molecule has 0 saturated heterocycles. The van der Waals surface area contributed by atoms with Crippen LogP contribution in [0, 0.1) is 20.8 Å². The molecule has 2 aromatic heterocycles. The molecule has 0 aliphatic rings. The summed E-state index contributed by atoms with van der Waals surface area (Å²) in [6, 6.07) is 11.8. The summed E-state index contributed by atoms with van der Waals surface area (Å²) in [6.07, 6.45) is 1.42. The van der Waals surface area contributed by atoms with Crippen LogP contribution in [0.15, 0.2) is 36.4 Å². The van der Waals surface area contributed by atoms with Crippen molar-refractivity contribution in [2.75, 3.05) is 13.2 Å². The molecule has 0 bridgehead atoms. The Morgan fingerprint density at radius 1 is 1.10 bits per heavy atom. The van der Waals surface area contributed by atoms with E-state index >= 15 is 0 Å². The van der Waals surface area contributed by atoms with Crippen molar-refractivity contribution in [2.45, 2.75) is 40.0 Å². The van der Waals surface area contributed by atoms with E-state index < -0.39 is 5.97 Å². The second-order valence-corrected chi connectivity index (χ2v) is 7.06. The molecule has 29 heavy (non-hydrogen) atoms. The van der Waals surface area contributed by atoms with Crippen molar-refractivity contribution in [1.82, 2.24) is 19.9 Å². The average molecular weight is 394 g/mol. The van der Waals surface area contributed by atoms with Crippen molar-refractivity contribution < 1.29 is 14.3 Å². The molecule has 7 heteroatoms. The van der Waals surface area contributed by atoms with Gasteiger partial charge in [0.05, 0.1) is 5.69 Å². The second kappa shape index (κ2) is 9.32. The Balaban J connectivity index is 1.44.